The lowest BCUT2D eigenvalue weighted by Crippen LogP contribution is -2.48. The standard InChI is InChI=1S/C16H17F3N4O/c1-9-5-13(21-11-6-15(2,24)7-11)22-23-14(9)12-4-3-10(8-20-12)16(17,18)19/h3-5,8,11,24H,6-7H2,1-2H3,(H,21,22). The number of rotatable bonds is 3. The Balaban J connectivity index is 1.75. The average molecular weight is 338 g/mol. The predicted octanol–water partition coefficient (Wildman–Crippen LogP) is 3.19. The van der Waals surface area contributed by atoms with E-state index in [2.05, 4.69) is 20.5 Å². The van der Waals surface area contributed by atoms with Gasteiger partial charge in [0.05, 0.1) is 16.9 Å². The molecule has 8 heteroatoms. The third-order valence-corrected chi connectivity index (χ3v) is 4.04. The molecule has 0 aliphatic heterocycles. The average Bonchev–Trinajstić information content (AvgIpc) is 2.45. The summed E-state index contributed by atoms with van der Waals surface area (Å²) in [6.45, 7) is 3.58. The molecule has 1 saturated carbocycles. The summed E-state index contributed by atoms with van der Waals surface area (Å²) in [6.07, 6.45) is -2.35. The Bertz CT molecular complexity index is 736. The van der Waals surface area contributed by atoms with Crippen LogP contribution in [0.15, 0.2) is 24.4 Å². The SMILES string of the molecule is Cc1cc(NC2CC(C)(O)C2)nnc1-c1ccc(C(F)(F)F)cn1. The van der Waals surface area contributed by atoms with Crippen LogP contribution in [0.1, 0.15) is 30.9 Å². The number of aliphatic hydroxyl groups is 1. The summed E-state index contributed by atoms with van der Waals surface area (Å²) in [5.41, 5.74) is 0.101. The van der Waals surface area contributed by atoms with E-state index in [0.29, 0.717) is 30.0 Å². The highest BCUT2D eigenvalue weighted by atomic mass is 19.4. The summed E-state index contributed by atoms with van der Waals surface area (Å²) in [5.74, 6) is 0.573. The molecule has 1 aliphatic rings. The van der Waals surface area contributed by atoms with Gasteiger partial charge in [-0.2, -0.15) is 13.2 Å². The summed E-state index contributed by atoms with van der Waals surface area (Å²) in [4.78, 5) is 3.84. The van der Waals surface area contributed by atoms with Gasteiger partial charge in [-0.1, -0.05) is 0 Å². The summed E-state index contributed by atoms with van der Waals surface area (Å²) in [6, 6.07) is 4.18. The lowest BCUT2D eigenvalue weighted by atomic mass is 9.77. The summed E-state index contributed by atoms with van der Waals surface area (Å²) in [7, 11) is 0. The van der Waals surface area contributed by atoms with Crippen molar-refractivity contribution in [3.63, 3.8) is 0 Å². The maximum atomic E-state index is 12.6. The van der Waals surface area contributed by atoms with Gasteiger partial charge in [-0.25, -0.2) is 0 Å². The Morgan fingerprint density at radius 3 is 2.46 bits per heavy atom. The smallest absolute Gasteiger partial charge is 0.390 e. The first-order chi connectivity index (χ1) is 11.1. The zero-order valence-corrected chi connectivity index (χ0v) is 13.2. The molecule has 2 aromatic heterocycles. The van der Waals surface area contributed by atoms with Crippen LogP contribution in [0.25, 0.3) is 11.4 Å². The topological polar surface area (TPSA) is 70.9 Å². The quantitative estimate of drug-likeness (QED) is 0.899. The minimum Gasteiger partial charge on any atom is -0.390 e. The van der Waals surface area contributed by atoms with E-state index >= 15 is 0 Å². The van der Waals surface area contributed by atoms with Gasteiger partial charge >= 0.3 is 6.18 Å². The van der Waals surface area contributed by atoms with Crippen molar-refractivity contribution in [3.05, 3.63) is 35.5 Å². The molecule has 1 aliphatic carbocycles. The van der Waals surface area contributed by atoms with Gasteiger partial charge in [-0.3, -0.25) is 4.98 Å². The number of hydrogen-bond acceptors (Lipinski definition) is 5. The predicted molar refractivity (Wildman–Crippen MR) is 82.3 cm³/mol. The van der Waals surface area contributed by atoms with Gasteiger partial charge < -0.3 is 10.4 Å². The fraction of sp³-hybridized carbons (Fsp3) is 0.438. The molecule has 0 amide bonds. The van der Waals surface area contributed by atoms with E-state index in [1.807, 2.05) is 0 Å². The second kappa shape index (κ2) is 5.70. The van der Waals surface area contributed by atoms with Gasteiger partial charge in [-0.15, -0.1) is 10.2 Å². The van der Waals surface area contributed by atoms with Crippen molar-refractivity contribution in [1.29, 1.82) is 0 Å². The van der Waals surface area contributed by atoms with Gasteiger partial charge in [0.1, 0.15) is 11.5 Å². The highest BCUT2D eigenvalue weighted by Crippen LogP contribution is 2.34. The lowest BCUT2D eigenvalue weighted by molar-refractivity contribution is -0.137. The van der Waals surface area contributed by atoms with Crippen molar-refractivity contribution in [1.82, 2.24) is 15.2 Å². The Labute approximate surface area is 137 Å². The number of alkyl halides is 3. The van der Waals surface area contributed by atoms with Crippen molar-refractivity contribution >= 4 is 5.82 Å². The van der Waals surface area contributed by atoms with Crippen LogP contribution in [0.2, 0.25) is 0 Å². The van der Waals surface area contributed by atoms with E-state index in [0.717, 1.165) is 17.8 Å². The monoisotopic (exact) mass is 338 g/mol. The summed E-state index contributed by atoms with van der Waals surface area (Å²) < 4.78 is 37.7. The molecule has 2 aromatic rings. The number of aryl methyl sites for hydroxylation is 1. The maximum absolute atomic E-state index is 12.6. The number of nitrogens with zero attached hydrogens (tertiary/aromatic N) is 3. The van der Waals surface area contributed by atoms with Crippen LogP contribution in [0.5, 0.6) is 0 Å². The fourth-order valence-electron chi connectivity index (χ4n) is 2.82. The number of halogens is 3. The van der Waals surface area contributed by atoms with Crippen LogP contribution in [0.3, 0.4) is 0 Å². The minimum absolute atomic E-state index is 0.142. The zero-order valence-electron chi connectivity index (χ0n) is 13.2. The number of nitrogens with one attached hydrogen (secondary N) is 1. The van der Waals surface area contributed by atoms with Crippen molar-refractivity contribution < 1.29 is 18.3 Å². The summed E-state index contributed by atoms with van der Waals surface area (Å²) in [5, 5.41) is 21.0. The van der Waals surface area contributed by atoms with Crippen LogP contribution in [-0.4, -0.2) is 31.9 Å². The zero-order chi connectivity index (χ0) is 17.5. The Hall–Kier alpha value is -2.22. The van der Waals surface area contributed by atoms with E-state index in [-0.39, 0.29) is 6.04 Å². The molecule has 0 spiro atoms. The van der Waals surface area contributed by atoms with E-state index < -0.39 is 17.3 Å². The van der Waals surface area contributed by atoms with Gasteiger partial charge in [-0.05, 0) is 50.5 Å². The molecule has 0 atom stereocenters. The first-order valence-corrected chi connectivity index (χ1v) is 7.51. The molecule has 1 fully saturated rings. The molecular formula is C16H17F3N4O. The Morgan fingerprint density at radius 1 is 1.25 bits per heavy atom. The fourth-order valence-corrected chi connectivity index (χ4v) is 2.82. The Morgan fingerprint density at radius 2 is 1.96 bits per heavy atom. The molecule has 3 rings (SSSR count). The van der Waals surface area contributed by atoms with Gasteiger partial charge in [0.25, 0.3) is 0 Å². The van der Waals surface area contributed by atoms with E-state index in [1.54, 1.807) is 19.9 Å². The normalized spacial score (nSPS) is 23.7. The third kappa shape index (κ3) is 3.48. The largest absolute Gasteiger partial charge is 0.417 e. The van der Waals surface area contributed by atoms with Gasteiger partial charge in [0.2, 0.25) is 0 Å². The van der Waals surface area contributed by atoms with Gasteiger partial charge in [0, 0.05) is 12.2 Å². The summed E-state index contributed by atoms with van der Waals surface area (Å²) >= 11 is 0. The highest BCUT2D eigenvalue weighted by molar-refractivity contribution is 5.60. The molecule has 0 unspecified atom stereocenters. The van der Waals surface area contributed by atoms with Crippen LogP contribution >= 0.6 is 0 Å². The highest BCUT2D eigenvalue weighted by Gasteiger charge is 2.38. The van der Waals surface area contributed by atoms with E-state index in [9.17, 15) is 18.3 Å². The number of aromatic nitrogens is 3. The maximum Gasteiger partial charge on any atom is 0.417 e. The van der Waals surface area contributed by atoms with Gasteiger partial charge in [0.15, 0.2) is 0 Å². The second-order valence-corrected chi connectivity index (χ2v) is 6.44. The minimum atomic E-state index is -4.41. The van der Waals surface area contributed by atoms with Crippen LogP contribution in [0.4, 0.5) is 19.0 Å². The second-order valence-electron chi connectivity index (χ2n) is 6.44. The molecule has 0 aromatic carbocycles. The van der Waals surface area contributed by atoms with Crippen LogP contribution in [-0.2, 0) is 6.18 Å². The first kappa shape index (κ1) is 16.6. The van der Waals surface area contributed by atoms with E-state index in [1.165, 1.54) is 6.07 Å². The number of anilines is 1. The molecule has 24 heavy (non-hydrogen) atoms. The van der Waals surface area contributed by atoms with Crippen LogP contribution < -0.4 is 5.32 Å². The molecule has 2 N–H and O–H groups in total. The molecular weight excluding hydrogens is 321 g/mol. The molecule has 2 heterocycles. The molecule has 128 valence electrons. The molecule has 0 bridgehead atoms. The first-order valence-electron chi connectivity index (χ1n) is 7.51. The van der Waals surface area contributed by atoms with Crippen molar-refractivity contribution in [2.24, 2.45) is 0 Å². The third-order valence-electron chi connectivity index (χ3n) is 4.04. The van der Waals surface area contributed by atoms with Crippen molar-refractivity contribution in [2.45, 2.75) is 44.5 Å². The van der Waals surface area contributed by atoms with Crippen LogP contribution in [0, 0.1) is 6.92 Å². The van der Waals surface area contributed by atoms with Crippen molar-refractivity contribution in [3.8, 4) is 11.4 Å². The molecule has 0 radical (unpaired) electrons. The number of pyridine rings is 1. The molecule has 5 nitrogen and oxygen atoms in total. The Kier molecular flexibility index (Phi) is 3.95. The van der Waals surface area contributed by atoms with E-state index in [4.69, 9.17) is 0 Å². The lowest BCUT2D eigenvalue weighted by Gasteiger charge is -2.41. The number of hydrogen-bond donors (Lipinski definition) is 2. The van der Waals surface area contributed by atoms with Crippen molar-refractivity contribution in [2.75, 3.05) is 5.32 Å². The molecule has 0 saturated heterocycles.